The number of rotatable bonds is 4. The summed E-state index contributed by atoms with van der Waals surface area (Å²) in [5.74, 6) is 1.80. The van der Waals surface area contributed by atoms with E-state index in [1.54, 1.807) is 12.1 Å². The first-order chi connectivity index (χ1) is 9.85. The number of ether oxygens (including phenoxy) is 1. The first-order valence-electron chi connectivity index (χ1n) is 6.73. The van der Waals surface area contributed by atoms with E-state index in [1.807, 2.05) is 36.5 Å². The van der Waals surface area contributed by atoms with Crippen LogP contribution in [0.25, 0.3) is 0 Å². The van der Waals surface area contributed by atoms with Gasteiger partial charge in [0.15, 0.2) is 0 Å². The van der Waals surface area contributed by atoms with Crippen molar-refractivity contribution in [2.45, 2.75) is 12.5 Å². The van der Waals surface area contributed by atoms with Crippen LogP contribution < -0.4 is 9.64 Å². The molecule has 1 fully saturated rings. The summed E-state index contributed by atoms with van der Waals surface area (Å²) in [5, 5.41) is 0. The highest BCUT2D eigenvalue weighted by molar-refractivity contribution is 5.74. The van der Waals surface area contributed by atoms with Crippen molar-refractivity contribution in [2.24, 2.45) is 0 Å². The van der Waals surface area contributed by atoms with Crippen molar-refractivity contribution in [3.05, 3.63) is 54.2 Å². The molecule has 2 aromatic rings. The molecule has 1 atom stereocenters. The van der Waals surface area contributed by atoms with Crippen LogP contribution in [-0.2, 0) is 0 Å². The summed E-state index contributed by atoms with van der Waals surface area (Å²) in [5.41, 5.74) is 0.666. The van der Waals surface area contributed by atoms with Gasteiger partial charge >= 0.3 is 0 Å². The molecular weight excluding hydrogens is 252 g/mol. The number of pyridine rings is 1. The van der Waals surface area contributed by atoms with E-state index in [2.05, 4.69) is 9.88 Å². The largest absolute Gasteiger partial charge is 0.489 e. The maximum absolute atomic E-state index is 10.6. The first-order valence-corrected chi connectivity index (χ1v) is 6.73. The van der Waals surface area contributed by atoms with Crippen LogP contribution in [0.1, 0.15) is 16.8 Å². The zero-order valence-corrected chi connectivity index (χ0v) is 11.1. The highest BCUT2D eigenvalue weighted by Gasteiger charge is 2.24. The Balaban J connectivity index is 1.61. The van der Waals surface area contributed by atoms with Crippen LogP contribution >= 0.6 is 0 Å². The van der Waals surface area contributed by atoms with Gasteiger partial charge in [-0.1, -0.05) is 6.07 Å². The van der Waals surface area contributed by atoms with E-state index in [1.165, 1.54) is 0 Å². The predicted molar refractivity (Wildman–Crippen MR) is 77.3 cm³/mol. The number of hydrogen-bond acceptors (Lipinski definition) is 4. The summed E-state index contributed by atoms with van der Waals surface area (Å²) in [6, 6.07) is 13.2. The number of benzene rings is 1. The van der Waals surface area contributed by atoms with Crippen molar-refractivity contribution in [3.8, 4) is 5.75 Å². The van der Waals surface area contributed by atoms with Gasteiger partial charge < -0.3 is 9.64 Å². The standard InChI is InChI=1S/C16H16N2O2/c19-12-13-4-6-14(7-5-13)20-15-8-10-18(11-15)16-3-1-2-9-17-16/h1-7,9,12,15H,8,10-11H2. The van der Waals surface area contributed by atoms with Crippen LogP contribution in [0.4, 0.5) is 5.82 Å². The van der Waals surface area contributed by atoms with E-state index in [0.29, 0.717) is 5.56 Å². The minimum Gasteiger partial charge on any atom is -0.489 e. The molecule has 102 valence electrons. The van der Waals surface area contributed by atoms with Gasteiger partial charge in [-0.15, -0.1) is 0 Å². The van der Waals surface area contributed by atoms with Crippen LogP contribution in [0.3, 0.4) is 0 Å². The lowest BCUT2D eigenvalue weighted by molar-refractivity contribution is 0.112. The van der Waals surface area contributed by atoms with E-state index in [0.717, 1.165) is 37.4 Å². The topological polar surface area (TPSA) is 42.4 Å². The quantitative estimate of drug-likeness (QED) is 0.799. The van der Waals surface area contributed by atoms with Gasteiger partial charge in [0.1, 0.15) is 24.0 Å². The third kappa shape index (κ3) is 2.79. The summed E-state index contributed by atoms with van der Waals surface area (Å²) in [6.45, 7) is 1.79. The Hall–Kier alpha value is -2.36. The highest BCUT2D eigenvalue weighted by atomic mass is 16.5. The molecule has 0 saturated carbocycles. The highest BCUT2D eigenvalue weighted by Crippen LogP contribution is 2.22. The maximum atomic E-state index is 10.6. The van der Waals surface area contributed by atoms with Gasteiger partial charge in [0.05, 0.1) is 6.54 Å². The van der Waals surface area contributed by atoms with Crippen LogP contribution in [-0.4, -0.2) is 30.5 Å². The van der Waals surface area contributed by atoms with Crippen molar-refractivity contribution in [1.82, 2.24) is 4.98 Å². The molecule has 3 rings (SSSR count). The molecule has 0 radical (unpaired) electrons. The molecule has 1 aliphatic heterocycles. The molecule has 0 amide bonds. The second kappa shape index (κ2) is 5.74. The molecule has 0 N–H and O–H groups in total. The van der Waals surface area contributed by atoms with Gasteiger partial charge in [-0.3, -0.25) is 4.79 Å². The summed E-state index contributed by atoms with van der Waals surface area (Å²) in [6.07, 6.45) is 3.79. The van der Waals surface area contributed by atoms with Crippen LogP contribution in [0.5, 0.6) is 5.75 Å². The number of aldehydes is 1. The lowest BCUT2D eigenvalue weighted by atomic mass is 10.2. The molecule has 1 saturated heterocycles. The van der Waals surface area contributed by atoms with Gasteiger partial charge in [-0.2, -0.15) is 0 Å². The molecule has 4 heteroatoms. The van der Waals surface area contributed by atoms with Crippen LogP contribution in [0.2, 0.25) is 0 Å². The van der Waals surface area contributed by atoms with E-state index in [4.69, 9.17) is 4.74 Å². The van der Waals surface area contributed by atoms with Gasteiger partial charge in [0, 0.05) is 24.7 Å². The molecule has 0 aliphatic carbocycles. The zero-order chi connectivity index (χ0) is 13.8. The van der Waals surface area contributed by atoms with Crippen LogP contribution in [0.15, 0.2) is 48.7 Å². The lowest BCUT2D eigenvalue weighted by Crippen LogP contribution is -2.25. The number of anilines is 1. The number of carbonyl (C=O) groups excluding carboxylic acids is 1. The van der Waals surface area contributed by atoms with E-state index < -0.39 is 0 Å². The third-order valence-electron chi connectivity index (χ3n) is 3.44. The Morgan fingerprint density at radius 1 is 1.20 bits per heavy atom. The maximum Gasteiger partial charge on any atom is 0.150 e. The number of nitrogens with zero attached hydrogens (tertiary/aromatic N) is 2. The molecule has 2 heterocycles. The Morgan fingerprint density at radius 3 is 2.75 bits per heavy atom. The van der Waals surface area contributed by atoms with E-state index in [9.17, 15) is 4.79 Å². The minimum absolute atomic E-state index is 0.166. The molecule has 1 aromatic heterocycles. The SMILES string of the molecule is O=Cc1ccc(OC2CCN(c3ccccn3)C2)cc1. The van der Waals surface area contributed by atoms with Crippen LogP contribution in [0, 0.1) is 0 Å². The van der Waals surface area contributed by atoms with Gasteiger partial charge in [-0.25, -0.2) is 4.98 Å². The lowest BCUT2D eigenvalue weighted by Gasteiger charge is -2.17. The summed E-state index contributed by atoms with van der Waals surface area (Å²) in [4.78, 5) is 17.2. The Labute approximate surface area is 118 Å². The summed E-state index contributed by atoms with van der Waals surface area (Å²) in [7, 11) is 0. The first kappa shape index (κ1) is 12.7. The fraction of sp³-hybridized carbons (Fsp3) is 0.250. The van der Waals surface area contributed by atoms with E-state index in [-0.39, 0.29) is 6.10 Å². The molecule has 1 aromatic carbocycles. The van der Waals surface area contributed by atoms with Gasteiger partial charge in [-0.05, 0) is 36.4 Å². The van der Waals surface area contributed by atoms with E-state index >= 15 is 0 Å². The van der Waals surface area contributed by atoms with Crippen molar-refractivity contribution >= 4 is 12.1 Å². The molecule has 0 bridgehead atoms. The number of aromatic nitrogens is 1. The predicted octanol–water partition coefficient (Wildman–Crippen LogP) is 2.55. The molecule has 20 heavy (non-hydrogen) atoms. The molecule has 0 spiro atoms. The van der Waals surface area contributed by atoms with Crippen molar-refractivity contribution in [1.29, 1.82) is 0 Å². The average Bonchev–Trinajstić information content (AvgIpc) is 2.97. The smallest absolute Gasteiger partial charge is 0.150 e. The normalized spacial score (nSPS) is 18.0. The molecule has 1 unspecified atom stereocenters. The Kier molecular flexibility index (Phi) is 3.63. The molecule has 4 nitrogen and oxygen atoms in total. The van der Waals surface area contributed by atoms with Gasteiger partial charge in [0.2, 0.25) is 0 Å². The second-order valence-electron chi connectivity index (χ2n) is 4.85. The third-order valence-corrected chi connectivity index (χ3v) is 3.44. The molecule has 1 aliphatic rings. The fourth-order valence-electron chi connectivity index (χ4n) is 2.39. The summed E-state index contributed by atoms with van der Waals surface area (Å²) >= 11 is 0. The van der Waals surface area contributed by atoms with Crippen molar-refractivity contribution in [2.75, 3.05) is 18.0 Å². The monoisotopic (exact) mass is 268 g/mol. The number of hydrogen-bond donors (Lipinski definition) is 0. The average molecular weight is 268 g/mol. The van der Waals surface area contributed by atoms with Crippen molar-refractivity contribution in [3.63, 3.8) is 0 Å². The fourth-order valence-corrected chi connectivity index (χ4v) is 2.39. The summed E-state index contributed by atoms with van der Waals surface area (Å²) < 4.78 is 5.94. The molecular formula is C16H16N2O2. The minimum atomic E-state index is 0.166. The second-order valence-corrected chi connectivity index (χ2v) is 4.85. The zero-order valence-electron chi connectivity index (χ0n) is 11.1. The van der Waals surface area contributed by atoms with Crippen molar-refractivity contribution < 1.29 is 9.53 Å². The Bertz CT molecular complexity index is 569. The Morgan fingerprint density at radius 2 is 2.05 bits per heavy atom. The van der Waals surface area contributed by atoms with Gasteiger partial charge in [0.25, 0.3) is 0 Å². The number of carbonyl (C=O) groups is 1.